The Hall–Kier alpha value is -2.21. The van der Waals surface area contributed by atoms with Crippen molar-refractivity contribution in [3.8, 4) is 0 Å². The molecule has 2 aliphatic rings. The fraction of sp³-hybridized carbons (Fsp3) is 0.438. The van der Waals surface area contributed by atoms with Crippen LogP contribution < -0.4 is 5.32 Å². The molecule has 0 aliphatic carbocycles. The SMILES string of the molecule is CC1NCCN(C(=O)CN2C(=O)c3ccccc3C2=O)C1C. The molecule has 1 fully saturated rings. The van der Waals surface area contributed by atoms with E-state index in [0.29, 0.717) is 17.7 Å². The number of hydrogen-bond donors (Lipinski definition) is 1. The Kier molecular flexibility index (Phi) is 3.70. The van der Waals surface area contributed by atoms with Gasteiger partial charge in [-0.05, 0) is 26.0 Å². The number of fused-ring (bicyclic) bond motifs is 1. The van der Waals surface area contributed by atoms with Gasteiger partial charge in [-0.3, -0.25) is 19.3 Å². The van der Waals surface area contributed by atoms with Crippen LogP contribution in [0.15, 0.2) is 24.3 Å². The molecule has 22 heavy (non-hydrogen) atoms. The highest BCUT2D eigenvalue weighted by molar-refractivity contribution is 6.22. The quantitative estimate of drug-likeness (QED) is 0.807. The standard InChI is InChI=1S/C16H19N3O3/c1-10-11(2)18(8-7-17-10)14(20)9-19-15(21)12-5-3-4-6-13(12)16(19)22/h3-6,10-11,17H,7-9H2,1-2H3. The zero-order valence-electron chi connectivity index (χ0n) is 12.7. The molecule has 2 aliphatic heterocycles. The second-order valence-corrected chi connectivity index (χ2v) is 5.81. The largest absolute Gasteiger partial charge is 0.336 e. The molecule has 0 bridgehead atoms. The van der Waals surface area contributed by atoms with E-state index in [2.05, 4.69) is 5.32 Å². The average Bonchev–Trinajstić information content (AvgIpc) is 2.75. The van der Waals surface area contributed by atoms with Crippen LogP contribution in [0.1, 0.15) is 34.6 Å². The van der Waals surface area contributed by atoms with Crippen LogP contribution in [0.4, 0.5) is 0 Å². The van der Waals surface area contributed by atoms with Crippen molar-refractivity contribution >= 4 is 17.7 Å². The summed E-state index contributed by atoms with van der Waals surface area (Å²) >= 11 is 0. The molecule has 116 valence electrons. The minimum Gasteiger partial charge on any atom is -0.336 e. The molecule has 3 amide bonds. The van der Waals surface area contributed by atoms with Gasteiger partial charge in [0.05, 0.1) is 11.1 Å². The van der Waals surface area contributed by atoms with Crippen LogP contribution in [0.5, 0.6) is 0 Å². The Morgan fingerprint density at radius 2 is 1.77 bits per heavy atom. The van der Waals surface area contributed by atoms with E-state index in [-0.39, 0.29) is 36.3 Å². The van der Waals surface area contributed by atoms with Gasteiger partial charge < -0.3 is 10.2 Å². The van der Waals surface area contributed by atoms with E-state index in [4.69, 9.17) is 0 Å². The Morgan fingerprint density at radius 3 is 2.36 bits per heavy atom. The topological polar surface area (TPSA) is 69.7 Å². The molecule has 2 heterocycles. The lowest BCUT2D eigenvalue weighted by Gasteiger charge is -2.39. The summed E-state index contributed by atoms with van der Waals surface area (Å²) in [6, 6.07) is 6.91. The number of amides is 3. The average molecular weight is 301 g/mol. The van der Waals surface area contributed by atoms with Gasteiger partial charge in [-0.2, -0.15) is 0 Å². The molecule has 2 atom stereocenters. The van der Waals surface area contributed by atoms with Crippen LogP contribution in [0.2, 0.25) is 0 Å². The summed E-state index contributed by atoms with van der Waals surface area (Å²) in [6.45, 7) is 5.11. The van der Waals surface area contributed by atoms with Crippen LogP contribution in [-0.2, 0) is 4.79 Å². The third-order valence-electron chi connectivity index (χ3n) is 4.53. The van der Waals surface area contributed by atoms with Gasteiger partial charge >= 0.3 is 0 Å². The van der Waals surface area contributed by atoms with E-state index in [1.54, 1.807) is 29.2 Å². The summed E-state index contributed by atoms with van der Waals surface area (Å²) in [7, 11) is 0. The molecule has 6 nitrogen and oxygen atoms in total. The van der Waals surface area contributed by atoms with Crippen LogP contribution in [0.3, 0.4) is 0 Å². The summed E-state index contributed by atoms with van der Waals surface area (Å²) in [5.74, 6) is -0.954. The highest BCUT2D eigenvalue weighted by Crippen LogP contribution is 2.22. The number of piperazine rings is 1. The molecule has 3 rings (SSSR count). The minimum atomic E-state index is -0.384. The maximum absolute atomic E-state index is 12.5. The summed E-state index contributed by atoms with van der Waals surface area (Å²) in [6.07, 6.45) is 0. The van der Waals surface area contributed by atoms with Crippen molar-refractivity contribution in [3.05, 3.63) is 35.4 Å². The predicted octanol–water partition coefficient (Wildman–Crippen LogP) is 0.491. The van der Waals surface area contributed by atoms with Crippen molar-refractivity contribution in [3.63, 3.8) is 0 Å². The van der Waals surface area contributed by atoms with Crippen LogP contribution in [0, 0.1) is 0 Å². The fourth-order valence-corrected chi connectivity index (χ4v) is 3.02. The van der Waals surface area contributed by atoms with Crippen molar-refractivity contribution < 1.29 is 14.4 Å². The highest BCUT2D eigenvalue weighted by atomic mass is 16.2. The van der Waals surface area contributed by atoms with Crippen molar-refractivity contribution in [1.82, 2.24) is 15.1 Å². The van der Waals surface area contributed by atoms with Crippen molar-refractivity contribution in [2.45, 2.75) is 25.9 Å². The third-order valence-corrected chi connectivity index (χ3v) is 4.53. The van der Waals surface area contributed by atoms with Gasteiger partial charge in [0.25, 0.3) is 11.8 Å². The lowest BCUT2D eigenvalue weighted by Crippen LogP contribution is -2.59. The molecule has 1 aromatic rings. The Bertz CT molecular complexity index is 608. The summed E-state index contributed by atoms with van der Waals surface area (Å²) < 4.78 is 0. The molecule has 1 aromatic carbocycles. The number of carbonyl (C=O) groups is 3. The van der Waals surface area contributed by atoms with Gasteiger partial charge in [0.15, 0.2) is 0 Å². The molecular formula is C16H19N3O3. The van der Waals surface area contributed by atoms with E-state index < -0.39 is 0 Å². The van der Waals surface area contributed by atoms with Gasteiger partial charge in [0.1, 0.15) is 6.54 Å². The van der Waals surface area contributed by atoms with Crippen molar-refractivity contribution in [1.29, 1.82) is 0 Å². The Labute approximate surface area is 129 Å². The van der Waals surface area contributed by atoms with Gasteiger partial charge in [-0.1, -0.05) is 12.1 Å². The molecule has 1 saturated heterocycles. The zero-order valence-corrected chi connectivity index (χ0v) is 12.7. The second kappa shape index (κ2) is 5.53. The van der Waals surface area contributed by atoms with E-state index in [1.807, 2.05) is 13.8 Å². The lowest BCUT2D eigenvalue weighted by atomic mass is 10.1. The number of rotatable bonds is 2. The molecule has 1 N–H and O–H groups in total. The number of carbonyl (C=O) groups excluding carboxylic acids is 3. The zero-order chi connectivity index (χ0) is 15.9. The van der Waals surface area contributed by atoms with Crippen LogP contribution >= 0.6 is 0 Å². The number of imide groups is 1. The molecule has 0 aromatic heterocycles. The molecule has 0 saturated carbocycles. The van der Waals surface area contributed by atoms with E-state index in [9.17, 15) is 14.4 Å². The smallest absolute Gasteiger partial charge is 0.262 e. The lowest BCUT2D eigenvalue weighted by molar-refractivity contribution is -0.135. The highest BCUT2D eigenvalue weighted by Gasteiger charge is 2.38. The van der Waals surface area contributed by atoms with Crippen molar-refractivity contribution in [2.24, 2.45) is 0 Å². The summed E-state index contributed by atoms with van der Waals surface area (Å²) in [5.41, 5.74) is 0.754. The molecule has 0 spiro atoms. The van der Waals surface area contributed by atoms with Crippen molar-refractivity contribution in [2.75, 3.05) is 19.6 Å². The summed E-state index contributed by atoms with van der Waals surface area (Å²) in [4.78, 5) is 39.9. The van der Waals surface area contributed by atoms with E-state index in [0.717, 1.165) is 11.4 Å². The molecular weight excluding hydrogens is 282 g/mol. The summed E-state index contributed by atoms with van der Waals surface area (Å²) in [5, 5.41) is 3.30. The maximum atomic E-state index is 12.5. The van der Waals surface area contributed by atoms with Gasteiger partial charge in [0.2, 0.25) is 5.91 Å². The van der Waals surface area contributed by atoms with Crippen LogP contribution in [0.25, 0.3) is 0 Å². The molecule has 0 radical (unpaired) electrons. The normalized spacial score (nSPS) is 24.6. The number of nitrogens with zero attached hydrogens (tertiary/aromatic N) is 2. The van der Waals surface area contributed by atoms with E-state index in [1.165, 1.54) is 0 Å². The number of hydrogen-bond acceptors (Lipinski definition) is 4. The molecule has 2 unspecified atom stereocenters. The first kappa shape index (κ1) is 14.7. The number of nitrogens with one attached hydrogen (secondary N) is 1. The van der Waals surface area contributed by atoms with Gasteiger partial charge in [0, 0.05) is 25.2 Å². The van der Waals surface area contributed by atoms with E-state index >= 15 is 0 Å². The van der Waals surface area contributed by atoms with Gasteiger partial charge in [-0.25, -0.2) is 0 Å². The first-order valence-electron chi connectivity index (χ1n) is 7.49. The third kappa shape index (κ3) is 2.29. The Morgan fingerprint density at radius 1 is 1.18 bits per heavy atom. The van der Waals surface area contributed by atoms with Gasteiger partial charge in [-0.15, -0.1) is 0 Å². The molecule has 6 heteroatoms. The first-order chi connectivity index (χ1) is 10.5. The second-order valence-electron chi connectivity index (χ2n) is 5.81. The maximum Gasteiger partial charge on any atom is 0.262 e. The monoisotopic (exact) mass is 301 g/mol. The predicted molar refractivity (Wildman–Crippen MR) is 80.4 cm³/mol. The Balaban J connectivity index is 1.76. The fourth-order valence-electron chi connectivity index (χ4n) is 3.02. The number of benzene rings is 1. The first-order valence-corrected chi connectivity index (χ1v) is 7.49. The minimum absolute atomic E-state index is 0.0384. The van der Waals surface area contributed by atoms with Crippen LogP contribution in [-0.4, -0.2) is 59.2 Å².